The van der Waals surface area contributed by atoms with E-state index in [2.05, 4.69) is 22.8 Å². The van der Waals surface area contributed by atoms with E-state index < -0.39 is 0 Å². The fraction of sp³-hybridized carbons (Fsp3) is 0.571. The lowest BCUT2D eigenvalue weighted by Gasteiger charge is -2.21. The first-order chi connectivity index (χ1) is 14.1. The number of terminal acetylenes is 1. The maximum absolute atomic E-state index is 12.1. The van der Waals surface area contributed by atoms with Gasteiger partial charge in [0.1, 0.15) is 24.3 Å². The molecule has 1 saturated heterocycles. The number of aromatic nitrogens is 3. The number of ether oxygens (including phenoxy) is 2. The number of hydrogen-bond acceptors (Lipinski definition) is 6. The lowest BCUT2D eigenvalue weighted by atomic mass is 9.87. The molecule has 1 saturated carbocycles. The van der Waals surface area contributed by atoms with Crippen LogP contribution in [0.25, 0.3) is 11.0 Å². The van der Waals surface area contributed by atoms with Crippen molar-refractivity contribution in [2.24, 2.45) is 5.92 Å². The lowest BCUT2D eigenvalue weighted by molar-refractivity contribution is -0.149. The minimum atomic E-state index is -0.171. The van der Waals surface area contributed by atoms with Gasteiger partial charge in [0.05, 0.1) is 11.5 Å². The van der Waals surface area contributed by atoms with Crippen molar-refractivity contribution in [3.05, 3.63) is 17.5 Å². The molecule has 0 amide bonds. The third-order valence-electron chi connectivity index (χ3n) is 5.58. The lowest BCUT2D eigenvalue weighted by Crippen LogP contribution is -2.21. The molecule has 8 heteroatoms. The Morgan fingerprint density at radius 3 is 2.76 bits per heavy atom. The van der Waals surface area contributed by atoms with Gasteiger partial charge < -0.3 is 19.8 Å². The summed E-state index contributed by atoms with van der Waals surface area (Å²) in [5, 5.41) is 0.872. The van der Waals surface area contributed by atoms with Gasteiger partial charge in [-0.25, -0.2) is 4.98 Å². The van der Waals surface area contributed by atoms with E-state index in [1.165, 1.54) is 19.3 Å². The summed E-state index contributed by atoms with van der Waals surface area (Å²) < 4.78 is 13.5. The molecule has 1 aliphatic heterocycles. The van der Waals surface area contributed by atoms with E-state index in [0.717, 1.165) is 31.1 Å². The van der Waals surface area contributed by atoms with Crippen molar-refractivity contribution >= 4 is 34.4 Å². The number of nitrogen functional groups attached to an aromatic ring is 1. The van der Waals surface area contributed by atoms with Crippen LogP contribution in [0.1, 0.15) is 57.6 Å². The van der Waals surface area contributed by atoms with Crippen LogP contribution < -0.4 is 5.73 Å². The Kier molecular flexibility index (Phi) is 7.34. The van der Waals surface area contributed by atoms with Gasteiger partial charge in [-0.15, -0.1) is 12.8 Å². The van der Waals surface area contributed by atoms with Crippen molar-refractivity contribution < 1.29 is 14.3 Å². The van der Waals surface area contributed by atoms with Gasteiger partial charge in [0.25, 0.3) is 0 Å². The quantitative estimate of drug-likeness (QED) is 0.446. The number of rotatable bonds is 5. The molecule has 7 nitrogen and oxygen atoms in total. The Labute approximate surface area is 175 Å². The number of carbonyl (C=O) groups is 1. The fourth-order valence-corrected chi connectivity index (χ4v) is 4.32. The number of carbonyl (C=O) groups excluding carboxylic acids is 1. The van der Waals surface area contributed by atoms with Crippen LogP contribution in [0.5, 0.6) is 0 Å². The topological polar surface area (TPSA) is 92.3 Å². The molecule has 0 spiro atoms. The van der Waals surface area contributed by atoms with E-state index in [0.29, 0.717) is 30.4 Å². The van der Waals surface area contributed by atoms with E-state index in [4.69, 9.17) is 26.8 Å². The molecule has 156 valence electrons. The summed E-state index contributed by atoms with van der Waals surface area (Å²) in [4.78, 5) is 20.4. The summed E-state index contributed by atoms with van der Waals surface area (Å²) in [6.07, 6.45) is 17.8. The third-order valence-corrected chi connectivity index (χ3v) is 5.75. The molecule has 3 heterocycles. The molecule has 2 aromatic heterocycles. The second kappa shape index (κ2) is 9.95. The Morgan fingerprint density at radius 1 is 1.24 bits per heavy atom. The molecule has 2 N–H and O–H groups in total. The number of fused-ring (bicyclic) bond motifs is 1. The Bertz CT molecular complexity index is 860. The normalized spacial score (nSPS) is 22.2. The zero-order valence-corrected chi connectivity index (χ0v) is 17.2. The SMILES string of the molecule is C#C.Nc1nc(Cl)nc2c1ccn2[C@H]1CC[C@@H](COC(=O)CC2CCCCC2)O1. The van der Waals surface area contributed by atoms with Gasteiger partial charge in [-0.1, -0.05) is 19.3 Å². The number of hydrogen-bond donors (Lipinski definition) is 1. The molecule has 4 rings (SSSR count). The Balaban J connectivity index is 0.00000117. The highest BCUT2D eigenvalue weighted by Crippen LogP contribution is 2.33. The van der Waals surface area contributed by atoms with Crippen molar-refractivity contribution in [3.63, 3.8) is 0 Å². The van der Waals surface area contributed by atoms with Crippen LogP contribution in [0.2, 0.25) is 5.28 Å². The molecule has 2 atom stereocenters. The van der Waals surface area contributed by atoms with E-state index >= 15 is 0 Å². The predicted octanol–water partition coefficient (Wildman–Crippen LogP) is 4.11. The molecule has 29 heavy (non-hydrogen) atoms. The second-order valence-electron chi connectivity index (χ2n) is 7.52. The van der Waals surface area contributed by atoms with Gasteiger partial charge in [0.2, 0.25) is 5.28 Å². The van der Waals surface area contributed by atoms with E-state index in [1.807, 2.05) is 16.8 Å². The van der Waals surface area contributed by atoms with Crippen LogP contribution in [0, 0.1) is 18.8 Å². The molecular weight excluding hydrogens is 392 g/mol. The van der Waals surface area contributed by atoms with Crippen molar-refractivity contribution in [2.45, 2.75) is 63.7 Å². The van der Waals surface area contributed by atoms with Gasteiger partial charge in [0, 0.05) is 12.6 Å². The maximum atomic E-state index is 12.1. The summed E-state index contributed by atoms with van der Waals surface area (Å²) >= 11 is 5.94. The molecule has 1 aliphatic carbocycles. The van der Waals surface area contributed by atoms with Gasteiger partial charge >= 0.3 is 5.97 Å². The van der Waals surface area contributed by atoms with Gasteiger partial charge in [-0.2, -0.15) is 4.98 Å². The van der Waals surface area contributed by atoms with Crippen molar-refractivity contribution in [1.29, 1.82) is 0 Å². The van der Waals surface area contributed by atoms with Crippen molar-refractivity contribution in [2.75, 3.05) is 12.3 Å². The van der Waals surface area contributed by atoms with E-state index in [9.17, 15) is 4.79 Å². The summed E-state index contributed by atoms with van der Waals surface area (Å²) in [5.74, 6) is 0.743. The van der Waals surface area contributed by atoms with E-state index in [-0.39, 0.29) is 23.6 Å². The largest absolute Gasteiger partial charge is 0.463 e. The fourth-order valence-electron chi connectivity index (χ4n) is 4.15. The molecule has 2 fully saturated rings. The number of esters is 1. The van der Waals surface area contributed by atoms with Crippen LogP contribution in [0.15, 0.2) is 12.3 Å². The summed E-state index contributed by atoms with van der Waals surface area (Å²) in [7, 11) is 0. The predicted molar refractivity (Wildman–Crippen MR) is 112 cm³/mol. The monoisotopic (exact) mass is 418 g/mol. The highest BCUT2D eigenvalue weighted by Gasteiger charge is 2.29. The van der Waals surface area contributed by atoms with Crippen LogP contribution in [-0.4, -0.2) is 33.2 Å². The van der Waals surface area contributed by atoms with Crippen LogP contribution >= 0.6 is 11.6 Å². The first-order valence-corrected chi connectivity index (χ1v) is 10.4. The van der Waals surface area contributed by atoms with Gasteiger partial charge in [-0.3, -0.25) is 4.79 Å². The number of nitrogens with two attached hydrogens (primary N) is 1. The maximum Gasteiger partial charge on any atom is 0.306 e. The zero-order valence-electron chi connectivity index (χ0n) is 16.4. The number of nitrogens with zero attached hydrogens (tertiary/aromatic N) is 3. The Morgan fingerprint density at radius 2 is 2.00 bits per heavy atom. The minimum Gasteiger partial charge on any atom is -0.463 e. The van der Waals surface area contributed by atoms with Crippen LogP contribution in [-0.2, 0) is 14.3 Å². The van der Waals surface area contributed by atoms with Gasteiger partial charge in [-0.05, 0) is 49.3 Å². The molecule has 0 aromatic carbocycles. The molecule has 2 aliphatic rings. The molecule has 0 unspecified atom stereocenters. The highest BCUT2D eigenvalue weighted by atomic mass is 35.5. The number of anilines is 1. The molecule has 0 radical (unpaired) electrons. The highest BCUT2D eigenvalue weighted by molar-refractivity contribution is 6.28. The zero-order chi connectivity index (χ0) is 20.8. The average Bonchev–Trinajstić information content (AvgIpc) is 3.35. The smallest absolute Gasteiger partial charge is 0.306 e. The standard InChI is InChI=1S/C19H25ClN4O3.C2H2/c20-19-22-17(21)14-8-9-24(18(14)23-19)15-7-6-13(27-15)11-26-16(25)10-12-4-2-1-3-5-12;1-2/h8-9,12-13,15H,1-7,10-11H2,(H2,21,22,23);1-2H/t13-,15+;/m0./s1. The molecule has 2 aromatic rings. The Hall–Kier alpha value is -2.30. The third kappa shape index (κ3) is 5.20. The van der Waals surface area contributed by atoms with Crippen LogP contribution in [0.3, 0.4) is 0 Å². The second-order valence-corrected chi connectivity index (χ2v) is 7.86. The first kappa shape index (κ1) is 21.4. The minimum absolute atomic E-state index is 0.0996. The van der Waals surface area contributed by atoms with Crippen LogP contribution in [0.4, 0.5) is 5.82 Å². The van der Waals surface area contributed by atoms with Crippen molar-refractivity contribution in [3.8, 4) is 12.8 Å². The first-order valence-electron chi connectivity index (χ1n) is 10.0. The summed E-state index contributed by atoms with van der Waals surface area (Å²) in [5.41, 5.74) is 6.57. The average molecular weight is 419 g/mol. The van der Waals surface area contributed by atoms with Gasteiger partial charge in [0.15, 0.2) is 0 Å². The van der Waals surface area contributed by atoms with E-state index in [1.54, 1.807) is 0 Å². The summed E-state index contributed by atoms with van der Waals surface area (Å²) in [6, 6.07) is 1.86. The van der Waals surface area contributed by atoms with Crippen molar-refractivity contribution in [1.82, 2.24) is 14.5 Å². The summed E-state index contributed by atoms with van der Waals surface area (Å²) in [6.45, 7) is 0.305. The number of halogens is 1. The molecular formula is C21H27ClN4O3. The molecule has 0 bridgehead atoms.